The van der Waals surface area contributed by atoms with Gasteiger partial charge in [-0.2, -0.15) is 0 Å². The van der Waals surface area contributed by atoms with Crippen molar-refractivity contribution in [1.82, 2.24) is 10.3 Å². The Kier molecular flexibility index (Phi) is 8.31. The molecule has 120 valence electrons. The van der Waals surface area contributed by atoms with Gasteiger partial charge in [0, 0.05) is 32.4 Å². The monoisotopic (exact) mass is 293 g/mol. The fourth-order valence-electron chi connectivity index (χ4n) is 2.30. The van der Waals surface area contributed by atoms with Crippen molar-refractivity contribution in [2.75, 3.05) is 38.3 Å². The summed E-state index contributed by atoms with van der Waals surface area (Å²) in [4.78, 5) is 6.86. The highest BCUT2D eigenvalue weighted by atomic mass is 16.5. The average Bonchev–Trinajstić information content (AvgIpc) is 2.48. The molecular formula is C17H31N3O. The third-order valence-electron chi connectivity index (χ3n) is 3.44. The van der Waals surface area contributed by atoms with Crippen LogP contribution in [-0.2, 0) is 4.74 Å². The molecule has 0 aliphatic heterocycles. The zero-order valence-corrected chi connectivity index (χ0v) is 14.2. The molecule has 0 aromatic carbocycles. The fraction of sp³-hybridized carbons (Fsp3) is 0.706. The number of nitrogens with zero attached hydrogens (tertiary/aromatic N) is 2. The van der Waals surface area contributed by atoms with Crippen LogP contribution in [0.4, 0.5) is 5.82 Å². The smallest absolute Gasteiger partial charge is 0.128 e. The molecule has 1 aromatic heterocycles. The van der Waals surface area contributed by atoms with E-state index in [9.17, 15) is 0 Å². The number of hydrogen-bond donors (Lipinski definition) is 1. The van der Waals surface area contributed by atoms with Crippen LogP contribution in [0.5, 0.6) is 0 Å². The molecule has 0 bridgehead atoms. The molecule has 1 rings (SSSR count). The summed E-state index contributed by atoms with van der Waals surface area (Å²) in [6.07, 6.45) is 3.06. The molecule has 0 saturated heterocycles. The van der Waals surface area contributed by atoms with Gasteiger partial charge in [0.1, 0.15) is 5.82 Å². The van der Waals surface area contributed by atoms with Gasteiger partial charge in [0.25, 0.3) is 0 Å². The lowest BCUT2D eigenvalue weighted by Crippen LogP contribution is -2.32. The second-order valence-corrected chi connectivity index (χ2v) is 5.96. The largest absolute Gasteiger partial charge is 0.383 e. The number of aromatic nitrogens is 1. The van der Waals surface area contributed by atoms with E-state index in [1.165, 1.54) is 5.56 Å². The van der Waals surface area contributed by atoms with Gasteiger partial charge in [-0.05, 0) is 43.5 Å². The van der Waals surface area contributed by atoms with Crippen LogP contribution in [0.3, 0.4) is 0 Å². The summed E-state index contributed by atoms with van der Waals surface area (Å²) in [5.74, 6) is 1.64. The van der Waals surface area contributed by atoms with E-state index in [4.69, 9.17) is 4.74 Å². The molecule has 0 saturated carbocycles. The summed E-state index contributed by atoms with van der Waals surface area (Å²) in [5, 5.41) is 3.53. The van der Waals surface area contributed by atoms with Gasteiger partial charge < -0.3 is 15.0 Å². The van der Waals surface area contributed by atoms with Gasteiger partial charge in [-0.15, -0.1) is 0 Å². The predicted molar refractivity (Wildman–Crippen MR) is 89.9 cm³/mol. The van der Waals surface area contributed by atoms with Crippen LogP contribution in [0, 0.1) is 5.92 Å². The molecule has 0 fully saturated rings. The lowest BCUT2D eigenvalue weighted by Gasteiger charge is -2.26. The van der Waals surface area contributed by atoms with Crippen molar-refractivity contribution in [3.63, 3.8) is 0 Å². The quantitative estimate of drug-likeness (QED) is 0.718. The van der Waals surface area contributed by atoms with Crippen LogP contribution in [0.25, 0.3) is 0 Å². The van der Waals surface area contributed by atoms with E-state index in [1.807, 2.05) is 6.20 Å². The Labute approximate surface area is 129 Å². The zero-order valence-electron chi connectivity index (χ0n) is 14.2. The fourth-order valence-corrected chi connectivity index (χ4v) is 2.30. The first-order valence-corrected chi connectivity index (χ1v) is 8.01. The lowest BCUT2D eigenvalue weighted by molar-refractivity contribution is 0.204. The summed E-state index contributed by atoms with van der Waals surface area (Å²) in [7, 11) is 1.74. The first-order valence-electron chi connectivity index (χ1n) is 8.01. The number of ether oxygens (including phenoxy) is 1. The number of hydrogen-bond acceptors (Lipinski definition) is 4. The van der Waals surface area contributed by atoms with E-state index in [2.05, 4.69) is 55.0 Å². The second kappa shape index (κ2) is 9.74. The highest BCUT2D eigenvalue weighted by Gasteiger charge is 2.12. The Morgan fingerprint density at radius 1 is 1.33 bits per heavy atom. The molecule has 1 atom stereocenters. The Morgan fingerprint density at radius 2 is 2.10 bits per heavy atom. The van der Waals surface area contributed by atoms with E-state index in [0.29, 0.717) is 12.0 Å². The topological polar surface area (TPSA) is 37.4 Å². The molecule has 0 aliphatic carbocycles. The normalized spacial score (nSPS) is 12.7. The SMILES string of the molecule is CCCNC(C)c1ccnc(N(CCOC)CC(C)C)c1. The van der Waals surface area contributed by atoms with E-state index in [1.54, 1.807) is 7.11 Å². The van der Waals surface area contributed by atoms with Crippen molar-refractivity contribution in [2.45, 2.75) is 40.2 Å². The molecule has 21 heavy (non-hydrogen) atoms. The van der Waals surface area contributed by atoms with E-state index in [-0.39, 0.29) is 0 Å². The molecule has 0 aliphatic rings. The first kappa shape index (κ1) is 17.9. The van der Waals surface area contributed by atoms with Crippen molar-refractivity contribution >= 4 is 5.82 Å². The second-order valence-electron chi connectivity index (χ2n) is 5.96. The van der Waals surface area contributed by atoms with E-state index >= 15 is 0 Å². The Balaban J connectivity index is 2.82. The minimum absolute atomic E-state index is 0.357. The molecule has 1 unspecified atom stereocenters. The van der Waals surface area contributed by atoms with E-state index in [0.717, 1.165) is 38.5 Å². The molecule has 1 N–H and O–H groups in total. The maximum Gasteiger partial charge on any atom is 0.128 e. The van der Waals surface area contributed by atoms with Gasteiger partial charge in [-0.3, -0.25) is 0 Å². The van der Waals surface area contributed by atoms with Gasteiger partial charge in [0.15, 0.2) is 0 Å². The van der Waals surface area contributed by atoms with Crippen molar-refractivity contribution in [3.05, 3.63) is 23.9 Å². The summed E-state index contributed by atoms with van der Waals surface area (Å²) in [6.45, 7) is 12.5. The molecule has 4 nitrogen and oxygen atoms in total. The van der Waals surface area contributed by atoms with Crippen LogP contribution >= 0.6 is 0 Å². The molecule has 0 spiro atoms. The van der Waals surface area contributed by atoms with Crippen molar-refractivity contribution in [2.24, 2.45) is 5.92 Å². The molecule has 1 aromatic rings. The Bertz CT molecular complexity index is 395. The predicted octanol–water partition coefficient (Wildman–Crippen LogP) is 3.25. The van der Waals surface area contributed by atoms with Crippen molar-refractivity contribution in [3.8, 4) is 0 Å². The highest BCUT2D eigenvalue weighted by Crippen LogP contribution is 2.19. The van der Waals surface area contributed by atoms with Crippen LogP contribution < -0.4 is 10.2 Å². The molecule has 4 heteroatoms. The van der Waals surface area contributed by atoms with Crippen LogP contribution in [-0.4, -0.2) is 38.3 Å². The first-order chi connectivity index (χ1) is 10.1. The molecule has 1 heterocycles. The minimum Gasteiger partial charge on any atom is -0.383 e. The van der Waals surface area contributed by atoms with Crippen molar-refractivity contribution in [1.29, 1.82) is 0 Å². The summed E-state index contributed by atoms with van der Waals surface area (Å²) in [6, 6.07) is 4.65. The van der Waals surface area contributed by atoms with Crippen LogP contribution in [0.2, 0.25) is 0 Å². The summed E-state index contributed by atoms with van der Waals surface area (Å²) in [5.41, 5.74) is 1.29. The third kappa shape index (κ3) is 6.44. The lowest BCUT2D eigenvalue weighted by atomic mass is 10.1. The van der Waals surface area contributed by atoms with E-state index < -0.39 is 0 Å². The maximum absolute atomic E-state index is 5.22. The van der Waals surface area contributed by atoms with Gasteiger partial charge >= 0.3 is 0 Å². The standard InChI is InChI=1S/C17H31N3O/c1-6-8-18-15(4)16-7-9-19-17(12-16)20(10-11-21-5)13-14(2)3/h7,9,12,14-15,18H,6,8,10-11,13H2,1-5H3. The average molecular weight is 293 g/mol. The number of rotatable bonds is 10. The number of nitrogens with one attached hydrogen (secondary N) is 1. The molecule has 0 amide bonds. The minimum atomic E-state index is 0.357. The zero-order chi connectivity index (χ0) is 15.7. The summed E-state index contributed by atoms with van der Waals surface area (Å²) < 4.78 is 5.22. The number of anilines is 1. The van der Waals surface area contributed by atoms with Gasteiger partial charge in [0.05, 0.1) is 6.61 Å². The molecular weight excluding hydrogens is 262 g/mol. The third-order valence-corrected chi connectivity index (χ3v) is 3.44. The highest BCUT2D eigenvalue weighted by molar-refractivity contribution is 5.42. The maximum atomic E-state index is 5.22. The number of methoxy groups -OCH3 is 1. The van der Waals surface area contributed by atoms with Gasteiger partial charge in [-0.1, -0.05) is 20.8 Å². The van der Waals surface area contributed by atoms with Gasteiger partial charge in [0.2, 0.25) is 0 Å². The summed E-state index contributed by atoms with van der Waals surface area (Å²) >= 11 is 0. The van der Waals surface area contributed by atoms with Crippen LogP contribution in [0.15, 0.2) is 18.3 Å². The Hall–Kier alpha value is -1.13. The van der Waals surface area contributed by atoms with Crippen molar-refractivity contribution < 1.29 is 4.74 Å². The molecule has 0 radical (unpaired) electrons. The van der Waals surface area contributed by atoms with Crippen LogP contribution in [0.1, 0.15) is 45.7 Å². The van der Waals surface area contributed by atoms with Gasteiger partial charge in [-0.25, -0.2) is 4.98 Å². The number of pyridine rings is 1. The Morgan fingerprint density at radius 3 is 2.71 bits per heavy atom.